The summed E-state index contributed by atoms with van der Waals surface area (Å²) in [5.74, 6) is -0.820. The van der Waals surface area contributed by atoms with Crippen LogP contribution in [0.5, 0.6) is 0 Å². The molecule has 0 atom stereocenters. The van der Waals surface area contributed by atoms with Crippen molar-refractivity contribution >= 4 is 23.6 Å². The first-order valence-electron chi connectivity index (χ1n) is 8.53. The van der Waals surface area contributed by atoms with Crippen LogP contribution in [0.3, 0.4) is 0 Å². The third kappa shape index (κ3) is 4.59. The van der Waals surface area contributed by atoms with Gasteiger partial charge >= 0.3 is 5.97 Å². The molecule has 6 nitrogen and oxygen atoms in total. The fourth-order valence-corrected chi connectivity index (χ4v) is 2.75. The van der Waals surface area contributed by atoms with Gasteiger partial charge in [-0.25, -0.2) is 4.79 Å². The topological polar surface area (TPSA) is 64.4 Å². The van der Waals surface area contributed by atoms with E-state index in [1.165, 1.54) is 6.08 Å². The number of hydrogen-bond acceptors (Lipinski definition) is 4. The Labute approximate surface area is 154 Å². The Hall–Kier alpha value is -2.89. The summed E-state index contributed by atoms with van der Waals surface area (Å²) in [5.41, 5.74) is 3.45. The second kappa shape index (κ2) is 8.47. The van der Waals surface area contributed by atoms with E-state index in [-0.39, 0.29) is 18.6 Å². The summed E-state index contributed by atoms with van der Waals surface area (Å²) in [4.78, 5) is 26.1. The lowest BCUT2D eigenvalue weighted by molar-refractivity contribution is -0.143. The zero-order chi connectivity index (χ0) is 19.3. The SMILES string of the molecule is Cc1nn(C)c(C)c1/C=C/C(=O)OCC(=O)N(c1ccccc1)C(C)C. The molecular formula is C20H25N3O3. The maximum absolute atomic E-state index is 12.5. The molecule has 6 heteroatoms. The summed E-state index contributed by atoms with van der Waals surface area (Å²) in [6.45, 7) is 7.33. The van der Waals surface area contributed by atoms with Crippen molar-refractivity contribution < 1.29 is 14.3 Å². The number of aromatic nitrogens is 2. The highest BCUT2D eigenvalue weighted by atomic mass is 16.5. The molecule has 26 heavy (non-hydrogen) atoms. The lowest BCUT2D eigenvalue weighted by Gasteiger charge is -2.26. The third-order valence-corrected chi connectivity index (χ3v) is 4.11. The van der Waals surface area contributed by atoms with E-state index in [4.69, 9.17) is 4.74 Å². The summed E-state index contributed by atoms with van der Waals surface area (Å²) in [6.07, 6.45) is 2.99. The molecule has 2 aromatic rings. The van der Waals surface area contributed by atoms with E-state index in [1.807, 2.05) is 65.1 Å². The summed E-state index contributed by atoms with van der Waals surface area (Å²) in [6, 6.07) is 9.29. The van der Waals surface area contributed by atoms with Crippen molar-refractivity contribution in [3.05, 3.63) is 53.4 Å². The van der Waals surface area contributed by atoms with Crippen LogP contribution >= 0.6 is 0 Å². The van der Waals surface area contributed by atoms with Crippen molar-refractivity contribution in [3.8, 4) is 0 Å². The fourth-order valence-electron chi connectivity index (χ4n) is 2.75. The Kier molecular flexibility index (Phi) is 6.33. The van der Waals surface area contributed by atoms with Gasteiger partial charge in [-0.1, -0.05) is 18.2 Å². The first-order valence-corrected chi connectivity index (χ1v) is 8.53. The quantitative estimate of drug-likeness (QED) is 0.590. The number of rotatable bonds is 6. The first-order chi connectivity index (χ1) is 12.3. The van der Waals surface area contributed by atoms with Crippen LogP contribution in [0.1, 0.15) is 30.8 Å². The Morgan fingerprint density at radius 1 is 1.23 bits per heavy atom. The highest BCUT2D eigenvalue weighted by Gasteiger charge is 2.20. The lowest BCUT2D eigenvalue weighted by atomic mass is 10.2. The molecule has 0 bridgehead atoms. The second-order valence-electron chi connectivity index (χ2n) is 6.34. The Morgan fingerprint density at radius 3 is 2.42 bits per heavy atom. The van der Waals surface area contributed by atoms with Crippen molar-refractivity contribution in [1.29, 1.82) is 0 Å². The zero-order valence-electron chi connectivity index (χ0n) is 15.9. The number of benzene rings is 1. The predicted octanol–water partition coefficient (Wildman–Crippen LogP) is 3.03. The van der Waals surface area contributed by atoms with Gasteiger partial charge in [0.1, 0.15) is 0 Å². The minimum atomic E-state index is -0.558. The first kappa shape index (κ1) is 19.4. The minimum absolute atomic E-state index is 0.0418. The zero-order valence-corrected chi connectivity index (χ0v) is 15.9. The molecule has 0 N–H and O–H groups in total. The van der Waals surface area contributed by atoms with Gasteiger partial charge in [0.05, 0.1) is 5.69 Å². The van der Waals surface area contributed by atoms with E-state index in [2.05, 4.69) is 5.10 Å². The molecule has 1 heterocycles. The molecule has 0 fully saturated rings. The molecule has 1 amide bonds. The molecule has 1 aromatic carbocycles. The molecule has 138 valence electrons. The van der Waals surface area contributed by atoms with E-state index < -0.39 is 5.97 Å². The summed E-state index contributed by atoms with van der Waals surface area (Å²) < 4.78 is 6.87. The summed E-state index contributed by atoms with van der Waals surface area (Å²) in [7, 11) is 1.85. The van der Waals surface area contributed by atoms with Gasteiger partial charge in [0.2, 0.25) is 0 Å². The van der Waals surface area contributed by atoms with Crippen molar-refractivity contribution in [2.75, 3.05) is 11.5 Å². The van der Waals surface area contributed by atoms with E-state index >= 15 is 0 Å². The predicted molar refractivity (Wildman–Crippen MR) is 102 cm³/mol. The number of carbonyl (C=O) groups excluding carboxylic acids is 2. The summed E-state index contributed by atoms with van der Waals surface area (Å²) in [5, 5.41) is 4.29. The normalized spacial score (nSPS) is 11.2. The van der Waals surface area contributed by atoms with Crippen LogP contribution in [0, 0.1) is 13.8 Å². The number of ether oxygens (including phenoxy) is 1. The summed E-state index contributed by atoms with van der Waals surface area (Å²) >= 11 is 0. The third-order valence-electron chi connectivity index (χ3n) is 4.11. The van der Waals surface area contributed by atoms with Crippen LogP contribution in [-0.2, 0) is 21.4 Å². The number of carbonyl (C=O) groups is 2. The van der Waals surface area contributed by atoms with Gasteiger partial charge in [0.15, 0.2) is 6.61 Å². The molecular weight excluding hydrogens is 330 g/mol. The fraction of sp³-hybridized carbons (Fsp3) is 0.350. The maximum atomic E-state index is 12.5. The molecule has 1 aromatic heterocycles. The number of aryl methyl sites for hydroxylation is 2. The highest BCUT2D eigenvalue weighted by molar-refractivity contribution is 5.96. The number of esters is 1. The molecule has 0 aliphatic heterocycles. The molecule has 0 radical (unpaired) electrons. The van der Waals surface area contributed by atoms with E-state index in [1.54, 1.807) is 15.7 Å². The van der Waals surface area contributed by atoms with Crippen molar-refractivity contribution in [1.82, 2.24) is 9.78 Å². The lowest BCUT2D eigenvalue weighted by Crippen LogP contribution is -2.39. The van der Waals surface area contributed by atoms with Gasteiger partial charge in [-0.3, -0.25) is 9.48 Å². The van der Waals surface area contributed by atoms with Gasteiger partial charge < -0.3 is 9.64 Å². The van der Waals surface area contributed by atoms with Crippen molar-refractivity contribution in [3.63, 3.8) is 0 Å². The second-order valence-corrected chi connectivity index (χ2v) is 6.34. The minimum Gasteiger partial charge on any atom is -0.452 e. The van der Waals surface area contributed by atoms with Crippen LogP contribution in [0.15, 0.2) is 36.4 Å². The number of nitrogens with zero attached hydrogens (tertiary/aromatic N) is 3. The van der Waals surface area contributed by atoms with E-state index in [0.29, 0.717) is 0 Å². The van der Waals surface area contributed by atoms with E-state index in [9.17, 15) is 9.59 Å². The van der Waals surface area contributed by atoms with Gasteiger partial charge in [0, 0.05) is 36.1 Å². The van der Waals surface area contributed by atoms with Gasteiger partial charge in [-0.05, 0) is 45.9 Å². The van der Waals surface area contributed by atoms with Crippen molar-refractivity contribution in [2.24, 2.45) is 7.05 Å². The van der Waals surface area contributed by atoms with Crippen LogP contribution in [0.25, 0.3) is 6.08 Å². The van der Waals surface area contributed by atoms with E-state index in [0.717, 1.165) is 22.6 Å². The Balaban J connectivity index is 1.99. The molecule has 0 unspecified atom stereocenters. The largest absolute Gasteiger partial charge is 0.452 e. The molecule has 0 spiro atoms. The average molecular weight is 355 g/mol. The molecule has 0 aliphatic carbocycles. The molecule has 0 saturated heterocycles. The van der Waals surface area contributed by atoms with Gasteiger partial charge in [-0.15, -0.1) is 0 Å². The number of para-hydroxylation sites is 1. The molecule has 2 rings (SSSR count). The monoisotopic (exact) mass is 355 g/mol. The van der Waals surface area contributed by atoms with Gasteiger partial charge in [0.25, 0.3) is 5.91 Å². The smallest absolute Gasteiger partial charge is 0.331 e. The number of anilines is 1. The molecule has 0 aliphatic rings. The number of hydrogen-bond donors (Lipinski definition) is 0. The Bertz CT molecular complexity index is 807. The van der Waals surface area contributed by atoms with Gasteiger partial charge in [-0.2, -0.15) is 5.10 Å². The maximum Gasteiger partial charge on any atom is 0.331 e. The highest BCUT2D eigenvalue weighted by Crippen LogP contribution is 2.17. The average Bonchev–Trinajstić information content (AvgIpc) is 2.84. The molecule has 0 saturated carbocycles. The van der Waals surface area contributed by atoms with Crippen LogP contribution in [-0.4, -0.2) is 34.3 Å². The Morgan fingerprint density at radius 2 is 1.88 bits per heavy atom. The number of amides is 1. The van der Waals surface area contributed by atoms with Crippen molar-refractivity contribution in [2.45, 2.75) is 33.7 Å². The van der Waals surface area contributed by atoms with Crippen LogP contribution in [0.2, 0.25) is 0 Å². The standard InChI is InChI=1S/C20H25N3O3/c1-14(2)23(17-9-7-6-8-10-17)19(24)13-26-20(25)12-11-18-15(3)21-22(5)16(18)4/h6-12,14H,13H2,1-5H3/b12-11+. The van der Waals surface area contributed by atoms with Crippen LogP contribution in [0.4, 0.5) is 5.69 Å². The van der Waals surface area contributed by atoms with Crippen LogP contribution < -0.4 is 4.90 Å².